The van der Waals surface area contributed by atoms with Crippen molar-refractivity contribution in [1.29, 1.82) is 0 Å². The van der Waals surface area contributed by atoms with Gasteiger partial charge in [-0.3, -0.25) is 0 Å². The molecule has 2 rings (SSSR count). The zero-order chi connectivity index (χ0) is 13.1. The molecule has 1 aliphatic carbocycles. The maximum absolute atomic E-state index is 2.35. The molecule has 0 unspecified atom stereocenters. The summed E-state index contributed by atoms with van der Waals surface area (Å²) in [6, 6.07) is 4.54. The summed E-state index contributed by atoms with van der Waals surface area (Å²) in [7, 11) is 0. The van der Waals surface area contributed by atoms with E-state index < -0.39 is 0 Å². The second-order valence-corrected chi connectivity index (χ2v) is 6.05. The molecule has 0 atom stereocenters. The Morgan fingerprint density at radius 3 is 2.44 bits per heavy atom. The van der Waals surface area contributed by atoms with E-state index in [1.807, 2.05) is 0 Å². The first-order valence-electron chi connectivity index (χ1n) is 6.68. The predicted octanol–water partition coefficient (Wildman–Crippen LogP) is 5.92. The van der Waals surface area contributed by atoms with Crippen LogP contribution in [0, 0.1) is 13.8 Å². The van der Waals surface area contributed by atoms with Gasteiger partial charge < -0.3 is 0 Å². The fourth-order valence-corrected chi connectivity index (χ4v) is 3.23. The fourth-order valence-electron chi connectivity index (χ4n) is 2.66. The Hall–Kier alpha value is -0.570. The van der Waals surface area contributed by atoms with Gasteiger partial charge in [-0.15, -0.1) is 0 Å². The van der Waals surface area contributed by atoms with Crippen LogP contribution < -0.4 is 0 Å². The second-order valence-electron chi connectivity index (χ2n) is 5.34. The van der Waals surface area contributed by atoms with E-state index in [0.29, 0.717) is 0 Å². The standard InChI is InChI=1S/C17H21I/c1-12(9-10-18)11-16-13(2)7-8-14(3)17(16)15-5-4-6-15/h7-11,15H,4-6H2,1-3H3/b10-9+,12-11+. The minimum atomic E-state index is 0.799. The van der Waals surface area contributed by atoms with Crippen molar-refractivity contribution in [2.75, 3.05) is 0 Å². The van der Waals surface area contributed by atoms with E-state index in [0.717, 1.165) is 5.92 Å². The van der Waals surface area contributed by atoms with Crippen LogP contribution in [-0.4, -0.2) is 0 Å². The Morgan fingerprint density at radius 2 is 1.89 bits per heavy atom. The van der Waals surface area contributed by atoms with Gasteiger partial charge in [0.15, 0.2) is 0 Å². The molecule has 0 heterocycles. The second kappa shape index (κ2) is 6.05. The number of halogens is 1. The lowest BCUT2D eigenvalue weighted by molar-refractivity contribution is 0.417. The molecule has 0 bridgehead atoms. The van der Waals surface area contributed by atoms with Gasteiger partial charge in [0.05, 0.1) is 0 Å². The molecular weight excluding hydrogens is 331 g/mol. The van der Waals surface area contributed by atoms with Gasteiger partial charge in [-0.05, 0) is 65.9 Å². The highest BCUT2D eigenvalue weighted by molar-refractivity contribution is 14.1. The Labute approximate surface area is 124 Å². The maximum atomic E-state index is 2.35. The van der Waals surface area contributed by atoms with Crippen molar-refractivity contribution in [2.45, 2.75) is 46.0 Å². The summed E-state index contributed by atoms with van der Waals surface area (Å²) in [6.07, 6.45) is 8.66. The average Bonchev–Trinajstić information content (AvgIpc) is 2.26. The molecule has 0 N–H and O–H groups in total. The minimum absolute atomic E-state index is 0.799. The molecule has 0 amide bonds. The first-order chi connectivity index (χ1) is 8.63. The van der Waals surface area contributed by atoms with Crippen molar-refractivity contribution < 1.29 is 0 Å². The van der Waals surface area contributed by atoms with E-state index in [2.05, 4.69) is 71.7 Å². The summed E-state index contributed by atoms with van der Waals surface area (Å²) >= 11 is 2.28. The van der Waals surface area contributed by atoms with Gasteiger partial charge in [-0.2, -0.15) is 0 Å². The molecule has 1 saturated carbocycles. The van der Waals surface area contributed by atoms with Gasteiger partial charge in [-0.25, -0.2) is 0 Å². The van der Waals surface area contributed by atoms with Crippen molar-refractivity contribution >= 4 is 28.7 Å². The third kappa shape index (κ3) is 2.87. The number of allylic oxidation sites excluding steroid dienone is 2. The van der Waals surface area contributed by atoms with Gasteiger partial charge >= 0.3 is 0 Å². The molecule has 1 aromatic rings. The molecule has 1 aliphatic rings. The SMILES string of the molecule is CC(/C=C/I)=C\c1c(C)ccc(C)c1C1CCC1. The number of aryl methyl sites for hydroxylation is 2. The summed E-state index contributed by atoms with van der Waals surface area (Å²) in [5.41, 5.74) is 7.26. The molecule has 1 fully saturated rings. The first kappa shape index (κ1) is 13.9. The summed E-state index contributed by atoms with van der Waals surface area (Å²) in [5.74, 6) is 0.799. The number of rotatable bonds is 3. The third-order valence-electron chi connectivity index (χ3n) is 3.93. The van der Waals surface area contributed by atoms with Crippen LogP contribution in [-0.2, 0) is 0 Å². The third-order valence-corrected chi connectivity index (χ3v) is 4.29. The van der Waals surface area contributed by atoms with Crippen LogP contribution >= 0.6 is 22.6 Å². The molecule has 0 saturated heterocycles. The molecule has 96 valence electrons. The van der Waals surface area contributed by atoms with Crippen molar-refractivity contribution in [3.8, 4) is 0 Å². The minimum Gasteiger partial charge on any atom is -0.0587 e. The van der Waals surface area contributed by atoms with Gasteiger partial charge in [0, 0.05) is 0 Å². The van der Waals surface area contributed by atoms with Crippen molar-refractivity contribution in [3.63, 3.8) is 0 Å². The highest BCUT2D eigenvalue weighted by Crippen LogP contribution is 2.41. The predicted molar refractivity (Wildman–Crippen MR) is 89.3 cm³/mol. The van der Waals surface area contributed by atoms with Gasteiger partial charge in [0.25, 0.3) is 0 Å². The summed E-state index contributed by atoms with van der Waals surface area (Å²) in [5, 5.41) is 0. The zero-order valence-corrected chi connectivity index (χ0v) is 13.6. The first-order valence-corrected chi connectivity index (χ1v) is 7.93. The average molecular weight is 352 g/mol. The topological polar surface area (TPSA) is 0 Å². The molecular formula is C17H21I. The Balaban J connectivity index is 2.49. The van der Waals surface area contributed by atoms with Crippen molar-refractivity contribution in [2.24, 2.45) is 0 Å². The smallest absolute Gasteiger partial charge is 0.0153 e. The van der Waals surface area contributed by atoms with Gasteiger partial charge in [0.2, 0.25) is 0 Å². The molecule has 1 heteroatoms. The highest BCUT2D eigenvalue weighted by atomic mass is 127. The van der Waals surface area contributed by atoms with Crippen LogP contribution in [0.3, 0.4) is 0 Å². The molecule has 0 nitrogen and oxygen atoms in total. The summed E-state index contributed by atoms with van der Waals surface area (Å²) in [4.78, 5) is 0. The van der Waals surface area contributed by atoms with E-state index in [1.165, 1.54) is 41.5 Å². The molecule has 0 radical (unpaired) electrons. The van der Waals surface area contributed by atoms with E-state index in [1.54, 1.807) is 5.56 Å². The monoisotopic (exact) mass is 352 g/mol. The zero-order valence-electron chi connectivity index (χ0n) is 11.5. The van der Waals surface area contributed by atoms with Crippen LogP contribution in [0.4, 0.5) is 0 Å². The quantitative estimate of drug-likeness (QED) is 0.468. The van der Waals surface area contributed by atoms with Crippen molar-refractivity contribution in [3.05, 3.63) is 50.1 Å². The lowest BCUT2D eigenvalue weighted by Crippen LogP contribution is -2.12. The molecule has 1 aromatic carbocycles. The van der Waals surface area contributed by atoms with Crippen LogP contribution in [0.15, 0.2) is 27.9 Å². The van der Waals surface area contributed by atoms with Crippen LogP contribution in [0.5, 0.6) is 0 Å². The molecule has 0 aliphatic heterocycles. The van der Waals surface area contributed by atoms with Crippen LogP contribution in [0.2, 0.25) is 0 Å². The molecule has 0 aromatic heterocycles. The maximum Gasteiger partial charge on any atom is -0.0153 e. The molecule has 0 spiro atoms. The van der Waals surface area contributed by atoms with E-state index in [4.69, 9.17) is 0 Å². The number of benzene rings is 1. The Bertz CT molecular complexity index is 491. The van der Waals surface area contributed by atoms with Crippen LogP contribution in [0.1, 0.15) is 54.4 Å². The lowest BCUT2D eigenvalue weighted by Gasteiger charge is -2.30. The van der Waals surface area contributed by atoms with E-state index >= 15 is 0 Å². The van der Waals surface area contributed by atoms with Gasteiger partial charge in [0.1, 0.15) is 0 Å². The Kier molecular flexibility index (Phi) is 4.66. The lowest BCUT2D eigenvalue weighted by atomic mass is 9.75. The van der Waals surface area contributed by atoms with Crippen LogP contribution in [0.25, 0.3) is 6.08 Å². The van der Waals surface area contributed by atoms with Gasteiger partial charge in [-0.1, -0.05) is 58.9 Å². The summed E-state index contributed by atoms with van der Waals surface area (Å²) in [6.45, 7) is 6.67. The Morgan fingerprint density at radius 1 is 1.22 bits per heavy atom. The number of hydrogen-bond acceptors (Lipinski definition) is 0. The normalized spacial score (nSPS) is 17.2. The van der Waals surface area contributed by atoms with Crippen molar-refractivity contribution in [1.82, 2.24) is 0 Å². The fraction of sp³-hybridized carbons (Fsp3) is 0.412. The largest absolute Gasteiger partial charge is 0.0587 e. The highest BCUT2D eigenvalue weighted by Gasteiger charge is 2.23. The number of hydrogen-bond donors (Lipinski definition) is 0. The van der Waals surface area contributed by atoms with E-state index in [-0.39, 0.29) is 0 Å². The molecule has 18 heavy (non-hydrogen) atoms. The van der Waals surface area contributed by atoms with E-state index in [9.17, 15) is 0 Å². The summed E-state index contributed by atoms with van der Waals surface area (Å²) < 4.78 is 2.08.